The third-order valence-electron chi connectivity index (χ3n) is 6.35. The zero-order valence-corrected chi connectivity index (χ0v) is 21.6. The number of esters is 1. The second-order valence-electron chi connectivity index (χ2n) is 9.13. The van der Waals surface area contributed by atoms with Crippen molar-refractivity contribution in [1.82, 2.24) is 9.55 Å². The molecular formula is C30H30N4O4. The fourth-order valence-electron chi connectivity index (χ4n) is 4.09. The number of aromatic nitrogens is 2. The molecule has 0 spiro atoms. The van der Waals surface area contributed by atoms with Gasteiger partial charge in [0.15, 0.2) is 0 Å². The molecule has 1 atom stereocenters. The van der Waals surface area contributed by atoms with Gasteiger partial charge in [0.05, 0.1) is 32.0 Å². The zero-order chi connectivity index (χ0) is 27.1. The molecular weight excluding hydrogens is 480 g/mol. The number of nitrogens with zero attached hydrogens (tertiary/aromatic N) is 2. The van der Waals surface area contributed by atoms with Crippen LogP contribution in [0.25, 0.3) is 11.1 Å². The van der Waals surface area contributed by atoms with E-state index in [0.717, 1.165) is 22.4 Å². The third-order valence-corrected chi connectivity index (χ3v) is 6.35. The highest BCUT2D eigenvalue weighted by atomic mass is 16.5. The van der Waals surface area contributed by atoms with Crippen molar-refractivity contribution >= 4 is 23.4 Å². The molecule has 0 saturated heterocycles. The predicted octanol–water partition coefficient (Wildman–Crippen LogP) is 5.58. The van der Waals surface area contributed by atoms with Crippen LogP contribution in [0.5, 0.6) is 0 Å². The highest BCUT2D eigenvalue weighted by Crippen LogP contribution is 2.21. The van der Waals surface area contributed by atoms with Gasteiger partial charge in [-0.05, 0) is 53.3 Å². The van der Waals surface area contributed by atoms with Crippen LogP contribution in [0.1, 0.15) is 36.0 Å². The number of carbonyl (C=O) groups excluding carboxylic acids is 2. The second-order valence-corrected chi connectivity index (χ2v) is 9.13. The van der Waals surface area contributed by atoms with Crippen molar-refractivity contribution in [3.05, 3.63) is 112 Å². The Kier molecular flexibility index (Phi) is 8.33. The Labute approximate surface area is 221 Å². The fraction of sp³-hybridized carbons (Fsp3) is 0.200. The topological polar surface area (TPSA) is 102 Å². The molecule has 8 heteroatoms. The Morgan fingerprint density at radius 2 is 1.68 bits per heavy atom. The molecule has 0 saturated carbocycles. The van der Waals surface area contributed by atoms with Crippen LogP contribution < -0.4 is 16.2 Å². The molecule has 0 radical (unpaired) electrons. The molecule has 194 valence electrons. The summed E-state index contributed by atoms with van der Waals surface area (Å²) in [5, 5.41) is 5.64. The van der Waals surface area contributed by atoms with Gasteiger partial charge in [-0.15, -0.1) is 0 Å². The number of methoxy groups -OCH3 is 1. The SMILES string of the molecule is COC(=O)CC(C)c1ccc(Cn2cncc(-c3ccc(NC(=O)Nc4ccccc4C)cc3)c2=O)cc1. The molecule has 0 fully saturated rings. The van der Waals surface area contributed by atoms with Crippen LogP contribution >= 0.6 is 0 Å². The second kappa shape index (κ2) is 12.0. The number of aryl methyl sites for hydroxylation is 1. The molecule has 3 aromatic carbocycles. The maximum absolute atomic E-state index is 13.2. The van der Waals surface area contributed by atoms with Gasteiger partial charge >= 0.3 is 12.0 Å². The molecule has 1 aromatic heterocycles. The van der Waals surface area contributed by atoms with Crippen LogP contribution in [0.3, 0.4) is 0 Å². The molecule has 8 nitrogen and oxygen atoms in total. The number of rotatable bonds is 8. The predicted molar refractivity (Wildman–Crippen MR) is 148 cm³/mol. The van der Waals surface area contributed by atoms with Gasteiger partial charge in [-0.25, -0.2) is 9.78 Å². The number of urea groups is 1. The third kappa shape index (κ3) is 6.53. The van der Waals surface area contributed by atoms with Crippen molar-refractivity contribution in [2.24, 2.45) is 0 Å². The van der Waals surface area contributed by atoms with E-state index >= 15 is 0 Å². The Morgan fingerprint density at radius 1 is 0.974 bits per heavy atom. The number of amides is 2. The van der Waals surface area contributed by atoms with Gasteiger partial charge in [0.2, 0.25) is 0 Å². The van der Waals surface area contributed by atoms with Gasteiger partial charge < -0.3 is 15.4 Å². The molecule has 2 N–H and O–H groups in total. The summed E-state index contributed by atoms with van der Waals surface area (Å²) in [4.78, 5) is 41.4. The van der Waals surface area contributed by atoms with Crippen molar-refractivity contribution in [3.8, 4) is 11.1 Å². The summed E-state index contributed by atoms with van der Waals surface area (Å²) in [6, 6.07) is 22.1. The average Bonchev–Trinajstić information content (AvgIpc) is 2.92. The summed E-state index contributed by atoms with van der Waals surface area (Å²) < 4.78 is 6.31. The Morgan fingerprint density at radius 3 is 2.37 bits per heavy atom. The molecule has 2 amide bonds. The van der Waals surface area contributed by atoms with Crippen molar-refractivity contribution in [2.75, 3.05) is 17.7 Å². The number of carbonyl (C=O) groups is 2. The van der Waals surface area contributed by atoms with E-state index in [2.05, 4.69) is 15.6 Å². The smallest absolute Gasteiger partial charge is 0.323 e. The van der Waals surface area contributed by atoms with E-state index in [-0.39, 0.29) is 23.5 Å². The number of anilines is 2. The molecule has 4 aromatic rings. The largest absolute Gasteiger partial charge is 0.469 e. The number of hydrogen-bond donors (Lipinski definition) is 2. The lowest BCUT2D eigenvalue weighted by molar-refractivity contribution is -0.140. The number of para-hydroxylation sites is 1. The van der Waals surface area contributed by atoms with E-state index in [0.29, 0.717) is 29.8 Å². The maximum atomic E-state index is 13.2. The van der Waals surface area contributed by atoms with E-state index in [4.69, 9.17) is 4.74 Å². The summed E-state index contributed by atoms with van der Waals surface area (Å²) >= 11 is 0. The average molecular weight is 511 g/mol. The maximum Gasteiger partial charge on any atom is 0.323 e. The lowest BCUT2D eigenvalue weighted by atomic mass is 9.97. The van der Waals surface area contributed by atoms with Crippen LogP contribution in [0.15, 0.2) is 90.1 Å². The number of ether oxygens (including phenoxy) is 1. The summed E-state index contributed by atoms with van der Waals surface area (Å²) in [5.74, 6) is -0.208. The number of nitrogens with one attached hydrogen (secondary N) is 2. The fourth-order valence-corrected chi connectivity index (χ4v) is 4.09. The minimum atomic E-state index is -0.346. The summed E-state index contributed by atoms with van der Waals surface area (Å²) in [7, 11) is 1.38. The number of hydrogen-bond acceptors (Lipinski definition) is 5. The summed E-state index contributed by atoms with van der Waals surface area (Å²) in [6.45, 7) is 4.26. The lowest BCUT2D eigenvalue weighted by Gasteiger charge is -2.12. The molecule has 0 bridgehead atoms. The monoisotopic (exact) mass is 510 g/mol. The van der Waals surface area contributed by atoms with Crippen LogP contribution in [-0.4, -0.2) is 28.7 Å². The van der Waals surface area contributed by atoms with E-state index in [1.54, 1.807) is 35.0 Å². The highest BCUT2D eigenvalue weighted by molar-refractivity contribution is 6.00. The quantitative estimate of drug-likeness (QED) is 0.301. The molecule has 38 heavy (non-hydrogen) atoms. The minimum absolute atomic E-state index is 0.0372. The van der Waals surface area contributed by atoms with Gasteiger partial charge in [-0.3, -0.25) is 14.2 Å². The standard InChI is InChI=1S/C30H30N4O4/c1-20-6-4-5-7-27(20)33-30(37)32-25-14-12-24(13-15-25)26-17-31-19-34(29(26)36)18-22-8-10-23(11-9-22)21(2)16-28(35)38-3/h4-15,17,19,21H,16,18H2,1-3H3,(H2,32,33,37). The zero-order valence-electron chi connectivity index (χ0n) is 21.6. The highest BCUT2D eigenvalue weighted by Gasteiger charge is 2.12. The van der Waals surface area contributed by atoms with Crippen LogP contribution in [0, 0.1) is 6.92 Å². The van der Waals surface area contributed by atoms with E-state index < -0.39 is 0 Å². The summed E-state index contributed by atoms with van der Waals surface area (Å²) in [6.07, 6.45) is 3.38. The molecule has 0 aliphatic heterocycles. The Hall–Kier alpha value is -4.72. The van der Waals surface area contributed by atoms with Crippen LogP contribution in [0.2, 0.25) is 0 Å². The molecule has 0 aliphatic rings. The van der Waals surface area contributed by atoms with Gasteiger partial charge in [0, 0.05) is 17.6 Å². The first kappa shape index (κ1) is 26.3. The molecule has 1 unspecified atom stereocenters. The molecule has 4 rings (SSSR count). The van der Waals surface area contributed by atoms with E-state index in [9.17, 15) is 14.4 Å². The minimum Gasteiger partial charge on any atom is -0.469 e. The van der Waals surface area contributed by atoms with Crippen molar-refractivity contribution in [1.29, 1.82) is 0 Å². The van der Waals surface area contributed by atoms with Gasteiger partial charge in [0.25, 0.3) is 5.56 Å². The molecule has 0 aliphatic carbocycles. The van der Waals surface area contributed by atoms with Crippen molar-refractivity contribution in [3.63, 3.8) is 0 Å². The normalized spacial score (nSPS) is 11.4. The van der Waals surface area contributed by atoms with Gasteiger partial charge in [-0.2, -0.15) is 0 Å². The first-order valence-electron chi connectivity index (χ1n) is 12.3. The Bertz CT molecular complexity index is 1480. The van der Waals surface area contributed by atoms with E-state index in [1.165, 1.54) is 13.4 Å². The van der Waals surface area contributed by atoms with Crippen molar-refractivity contribution < 1.29 is 14.3 Å². The van der Waals surface area contributed by atoms with Crippen LogP contribution in [0.4, 0.5) is 16.2 Å². The summed E-state index contributed by atoms with van der Waals surface area (Å²) in [5.41, 5.74) is 5.28. The first-order chi connectivity index (χ1) is 18.3. The number of benzene rings is 3. The van der Waals surface area contributed by atoms with Crippen LogP contribution in [-0.2, 0) is 16.1 Å². The van der Waals surface area contributed by atoms with E-state index in [1.807, 2.05) is 62.4 Å². The van der Waals surface area contributed by atoms with Gasteiger partial charge in [0.1, 0.15) is 0 Å². The van der Waals surface area contributed by atoms with Gasteiger partial charge in [-0.1, -0.05) is 61.5 Å². The molecule has 1 heterocycles. The Balaban J connectivity index is 1.43. The lowest BCUT2D eigenvalue weighted by Crippen LogP contribution is -2.22. The first-order valence-corrected chi connectivity index (χ1v) is 12.3. The van der Waals surface area contributed by atoms with Crippen molar-refractivity contribution in [2.45, 2.75) is 32.7 Å².